The number of ether oxygens (including phenoxy) is 1. The van der Waals surface area contributed by atoms with E-state index in [4.69, 9.17) is 0 Å². The Morgan fingerprint density at radius 3 is 3.12 bits per heavy atom. The molecule has 0 fully saturated rings. The van der Waals surface area contributed by atoms with E-state index in [1.54, 1.807) is 19.1 Å². The van der Waals surface area contributed by atoms with Crippen molar-refractivity contribution in [2.75, 3.05) is 6.61 Å². The molecule has 1 rings (SSSR count). The Bertz CT molecular complexity index is 407. The first-order chi connectivity index (χ1) is 7.63. The van der Waals surface area contributed by atoms with Gasteiger partial charge in [-0.2, -0.15) is 5.10 Å². The highest BCUT2D eigenvalue weighted by molar-refractivity contribution is 9.10. The predicted octanol–water partition coefficient (Wildman–Crippen LogP) is 2.23. The molecule has 0 saturated heterocycles. The van der Waals surface area contributed by atoms with E-state index in [2.05, 4.69) is 31.2 Å². The Labute approximate surface area is 101 Å². The van der Waals surface area contributed by atoms with Gasteiger partial charge in [-0.15, -0.1) is 0 Å². The molecule has 0 aliphatic rings. The average Bonchev–Trinajstić information content (AvgIpc) is 2.23. The van der Waals surface area contributed by atoms with E-state index in [9.17, 15) is 9.90 Å². The number of aromatic hydroxyl groups is 1. The number of amides is 1. The summed E-state index contributed by atoms with van der Waals surface area (Å²) in [7, 11) is 0. The SMILES string of the molecule is CCOC(=O)N/N=C/c1cc(Br)ccc1O. The third-order valence-electron chi connectivity index (χ3n) is 1.62. The number of hydrogen-bond acceptors (Lipinski definition) is 4. The normalized spacial score (nSPS) is 10.4. The van der Waals surface area contributed by atoms with Crippen LogP contribution in [0.5, 0.6) is 5.75 Å². The van der Waals surface area contributed by atoms with Crippen LogP contribution < -0.4 is 5.43 Å². The topological polar surface area (TPSA) is 70.9 Å². The first-order valence-electron chi connectivity index (χ1n) is 4.58. The molecule has 1 aromatic rings. The van der Waals surface area contributed by atoms with E-state index in [-0.39, 0.29) is 12.4 Å². The monoisotopic (exact) mass is 286 g/mol. The molecule has 2 N–H and O–H groups in total. The second kappa shape index (κ2) is 6.12. The number of carbonyl (C=O) groups excluding carboxylic acids is 1. The van der Waals surface area contributed by atoms with E-state index < -0.39 is 6.09 Å². The second-order valence-electron chi connectivity index (χ2n) is 2.79. The molecule has 0 aliphatic carbocycles. The van der Waals surface area contributed by atoms with Crippen molar-refractivity contribution in [2.45, 2.75) is 6.92 Å². The Kier molecular flexibility index (Phi) is 4.78. The number of carbonyl (C=O) groups is 1. The maximum absolute atomic E-state index is 10.9. The quantitative estimate of drug-likeness (QED) is 0.661. The molecule has 0 saturated carbocycles. The summed E-state index contributed by atoms with van der Waals surface area (Å²) in [5, 5.41) is 13.1. The summed E-state index contributed by atoms with van der Waals surface area (Å²) in [5.41, 5.74) is 2.65. The molecule has 0 aliphatic heterocycles. The molecule has 0 heterocycles. The molecule has 6 heteroatoms. The molecule has 16 heavy (non-hydrogen) atoms. The molecule has 1 aromatic carbocycles. The number of phenolic OH excluding ortho intramolecular Hbond substituents is 1. The van der Waals surface area contributed by atoms with E-state index in [1.165, 1.54) is 12.3 Å². The molecule has 0 spiro atoms. The zero-order valence-corrected chi connectivity index (χ0v) is 10.2. The van der Waals surface area contributed by atoms with Gasteiger partial charge in [0.05, 0.1) is 12.8 Å². The fourth-order valence-electron chi connectivity index (χ4n) is 0.947. The van der Waals surface area contributed by atoms with Crippen molar-refractivity contribution < 1.29 is 14.6 Å². The molecule has 0 atom stereocenters. The van der Waals surface area contributed by atoms with Gasteiger partial charge in [-0.25, -0.2) is 10.2 Å². The maximum Gasteiger partial charge on any atom is 0.427 e. The van der Waals surface area contributed by atoms with Crippen molar-refractivity contribution in [3.8, 4) is 5.75 Å². The van der Waals surface area contributed by atoms with Crippen molar-refractivity contribution in [3.63, 3.8) is 0 Å². The van der Waals surface area contributed by atoms with E-state index >= 15 is 0 Å². The highest BCUT2D eigenvalue weighted by Crippen LogP contribution is 2.19. The van der Waals surface area contributed by atoms with Gasteiger partial charge in [-0.05, 0) is 25.1 Å². The fraction of sp³-hybridized carbons (Fsp3) is 0.200. The van der Waals surface area contributed by atoms with E-state index in [1.807, 2.05) is 0 Å². The summed E-state index contributed by atoms with van der Waals surface area (Å²) in [6.07, 6.45) is 0.699. The van der Waals surface area contributed by atoms with Gasteiger partial charge < -0.3 is 9.84 Å². The van der Waals surface area contributed by atoms with Gasteiger partial charge >= 0.3 is 6.09 Å². The van der Waals surface area contributed by atoms with Crippen molar-refractivity contribution in [3.05, 3.63) is 28.2 Å². The summed E-state index contributed by atoms with van der Waals surface area (Å²) in [4.78, 5) is 10.9. The van der Waals surface area contributed by atoms with Crippen molar-refractivity contribution in [1.82, 2.24) is 5.43 Å². The van der Waals surface area contributed by atoms with E-state index in [0.29, 0.717) is 5.56 Å². The van der Waals surface area contributed by atoms with Crippen LogP contribution in [0.1, 0.15) is 12.5 Å². The first-order valence-corrected chi connectivity index (χ1v) is 5.37. The van der Waals surface area contributed by atoms with Crippen molar-refractivity contribution in [1.29, 1.82) is 0 Å². The zero-order valence-electron chi connectivity index (χ0n) is 8.61. The van der Waals surface area contributed by atoms with Gasteiger partial charge in [0.25, 0.3) is 0 Å². The Balaban J connectivity index is 2.62. The van der Waals surface area contributed by atoms with Gasteiger partial charge in [0.1, 0.15) is 5.75 Å². The first kappa shape index (κ1) is 12.5. The Morgan fingerprint density at radius 2 is 2.44 bits per heavy atom. The lowest BCUT2D eigenvalue weighted by molar-refractivity contribution is 0.152. The minimum Gasteiger partial charge on any atom is -0.507 e. The summed E-state index contributed by atoms with van der Waals surface area (Å²) in [5.74, 6) is 0.0811. The highest BCUT2D eigenvalue weighted by Gasteiger charge is 1.99. The van der Waals surface area contributed by atoms with Crippen LogP contribution in [0.3, 0.4) is 0 Å². The summed E-state index contributed by atoms with van der Waals surface area (Å²) < 4.78 is 5.41. The number of rotatable bonds is 3. The van der Waals surface area contributed by atoms with Gasteiger partial charge in [-0.1, -0.05) is 15.9 Å². The number of benzene rings is 1. The lowest BCUT2D eigenvalue weighted by Gasteiger charge is -2.00. The molecular weight excluding hydrogens is 276 g/mol. The number of nitrogens with zero attached hydrogens (tertiary/aromatic N) is 1. The standard InChI is InChI=1S/C10H11BrN2O3/c1-2-16-10(15)13-12-6-7-5-8(11)3-4-9(7)14/h3-6,14H,2H2,1H3,(H,13,15)/b12-6+. The molecule has 5 nitrogen and oxygen atoms in total. The second-order valence-corrected chi connectivity index (χ2v) is 3.71. The van der Waals surface area contributed by atoms with E-state index in [0.717, 1.165) is 4.47 Å². The predicted molar refractivity (Wildman–Crippen MR) is 63.6 cm³/mol. The minimum atomic E-state index is -0.631. The van der Waals surface area contributed by atoms with Crippen LogP contribution in [-0.2, 0) is 4.74 Å². The molecule has 0 radical (unpaired) electrons. The van der Waals surface area contributed by atoms with Crippen LogP contribution in [0.15, 0.2) is 27.8 Å². The van der Waals surface area contributed by atoms with Crippen LogP contribution in [0.2, 0.25) is 0 Å². The average molecular weight is 287 g/mol. The molecule has 1 amide bonds. The molecular formula is C10H11BrN2O3. The van der Waals surface area contributed by atoms with Gasteiger partial charge in [-0.3, -0.25) is 0 Å². The summed E-state index contributed by atoms with van der Waals surface area (Å²) in [6, 6.07) is 4.90. The highest BCUT2D eigenvalue weighted by atomic mass is 79.9. The minimum absolute atomic E-state index is 0.0811. The maximum atomic E-state index is 10.9. The Morgan fingerprint density at radius 1 is 1.69 bits per heavy atom. The Hall–Kier alpha value is -1.56. The largest absolute Gasteiger partial charge is 0.507 e. The third-order valence-corrected chi connectivity index (χ3v) is 2.12. The van der Waals surface area contributed by atoms with Gasteiger partial charge in [0, 0.05) is 10.0 Å². The lowest BCUT2D eigenvalue weighted by Crippen LogP contribution is -2.18. The van der Waals surface area contributed by atoms with Crippen LogP contribution >= 0.6 is 15.9 Å². The zero-order chi connectivity index (χ0) is 12.0. The number of hydrazone groups is 1. The molecule has 86 valence electrons. The number of halogens is 1. The van der Waals surface area contributed by atoms with Crippen molar-refractivity contribution in [2.24, 2.45) is 5.10 Å². The van der Waals surface area contributed by atoms with Gasteiger partial charge in [0.15, 0.2) is 0 Å². The lowest BCUT2D eigenvalue weighted by atomic mass is 10.2. The fourth-order valence-corrected chi connectivity index (χ4v) is 1.33. The molecule has 0 unspecified atom stereocenters. The summed E-state index contributed by atoms with van der Waals surface area (Å²) in [6.45, 7) is 1.98. The number of nitrogens with one attached hydrogen (secondary N) is 1. The molecule has 0 aromatic heterocycles. The molecule has 0 bridgehead atoms. The third kappa shape index (κ3) is 3.90. The van der Waals surface area contributed by atoms with Crippen LogP contribution in [-0.4, -0.2) is 24.0 Å². The van der Waals surface area contributed by atoms with Crippen LogP contribution in [0.25, 0.3) is 0 Å². The number of hydrogen-bond donors (Lipinski definition) is 2. The van der Waals surface area contributed by atoms with Crippen molar-refractivity contribution >= 4 is 28.2 Å². The number of phenols is 1. The van der Waals surface area contributed by atoms with Crippen LogP contribution in [0, 0.1) is 0 Å². The smallest absolute Gasteiger partial charge is 0.427 e. The van der Waals surface area contributed by atoms with Gasteiger partial charge in [0.2, 0.25) is 0 Å². The van der Waals surface area contributed by atoms with Crippen LogP contribution in [0.4, 0.5) is 4.79 Å². The summed E-state index contributed by atoms with van der Waals surface area (Å²) >= 11 is 3.26.